The van der Waals surface area contributed by atoms with Gasteiger partial charge in [0.2, 0.25) is 10.0 Å². The second-order valence-corrected chi connectivity index (χ2v) is 7.43. The molecule has 0 amide bonds. The summed E-state index contributed by atoms with van der Waals surface area (Å²) in [5.74, 6) is -0.704. The number of nitrogens with two attached hydrogens (primary N) is 1. The number of alkyl halides is 3. The van der Waals surface area contributed by atoms with Crippen LogP contribution in [0.4, 0.5) is 13.2 Å². The number of halogens is 4. The molecule has 132 valence electrons. The van der Waals surface area contributed by atoms with E-state index >= 15 is 0 Å². The van der Waals surface area contributed by atoms with Crippen LogP contribution in [0.2, 0.25) is 0 Å². The summed E-state index contributed by atoms with van der Waals surface area (Å²) in [4.78, 5) is 0. The third kappa shape index (κ3) is 5.07. The molecule has 0 aliphatic heterocycles. The van der Waals surface area contributed by atoms with Crippen LogP contribution in [0.15, 0.2) is 24.3 Å². The quantitative estimate of drug-likeness (QED) is 0.834. The SMILES string of the molecule is Cl.NCC1(NS(=O)(=O)Cc2ccccc2C(F)(F)F)CCCC1. The van der Waals surface area contributed by atoms with Crippen LogP contribution in [0.1, 0.15) is 36.8 Å². The zero-order valence-corrected chi connectivity index (χ0v) is 14.0. The van der Waals surface area contributed by atoms with Crippen molar-refractivity contribution in [2.24, 2.45) is 5.73 Å². The van der Waals surface area contributed by atoms with Crippen LogP contribution in [0.3, 0.4) is 0 Å². The highest BCUT2D eigenvalue weighted by Gasteiger charge is 2.38. The maximum absolute atomic E-state index is 12.9. The van der Waals surface area contributed by atoms with E-state index < -0.39 is 33.1 Å². The molecule has 1 fully saturated rings. The van der Waals surface area contributed by atoms with Crippen molar-refractivity contribution in [3.8, 4) is 0 Å². The van der Waals surface area contributed by atoms with Gasteiger partial charge in [0, 0.05) is 12.1 Å². The van der Waals surface area contributed by atoms with E-state index in [9.17, 15) is 21.6 Å². The molecule has 0 bridgehead atoms. The Morgan fingerprint density at radius 1 is 1.17 bits per heavy atom. The zero-order chi connectivity index (χ0) is 16.4. The van der Waals surface area contributed by atoms with Crippen LogP contribution in [0.5, 0.6) is 0 Å². The van der Waals surface area contributed by atoms with Gasteiger partial charge in [-0.25, -0.2) is 13.1 Å². The molecule has 23 heavy (non-hydrogen) atoms. The van der Waals surface area contributed by atoms with E-state index in [0.29, 0.717) is 12.8 Å². The Bertz CT molecular complexity index is 629. The van der Waals surface area contributed by atoms with Crippen LogP contribution >= 0.6 is 12.4 Å². The summed E-state index contributed by atoms with van der Waals surface area (Å²) >= 11 is 0. The van der Waals surface area contributed by atoms with E-state index in [4.69, 9.17) is 5.73 Å². The lowest BCUT2D eigenvalue weighted by Gasteiger charge is -2.28. The summed E-state index contributed by atoms with van der Waals surface area (Å²) in [6.45, 7) is 0.146. The van der Waals surface area contributed by atoms with Crippen molar-refractivity contribution < 1.29 is 21.6 Å². The van der Waals surface area contributed by atoms with Crippen molar-refractivity contribution in [2.75, 3.05) is 6.54 Å². The van der Waals surface area contributed by atoms with Gasteiger partial charge in [0.05, 0.1) is 11.3 Å². The molecule has 0 spiro atoms. The first kappa shape index (κ1) is 20.2. The van der Waals surface area contributed by atoms with E-state index in [2.05, 4.69) is 4.72 Å². The van der Waals surface area contributed by atoms with E-state index in [-0.39, 0.29) is 24.5 Å². The predicted molar refractivity (Wildman–Crippen MR) is 84.7 cm³/mol. The number of sulfonamides is 1. The first-order valence-electron chi connectivity index (χ1n) is 7.04. The Morgan fingerprint density at radius 3 is 2.26 bits per heavy atom. The van der Waals surface area contributed by atoms with Crippen LogP contribution in [-0.4, -0.2) is 20.5 Å². The highest BCUT2D eigenvalue weighted by Crippen LogP contribution is 2.33. The van der Waals surface area contributed by atoms with Crippen molar-refractivity contribution >= 4 is 22.4 Å². The topological polar surface area (TPSA) is 72.2 Å². The molecule has 0 radical (unpaired) electrons. The van der Waals surface area contributed by atoms with Gasteiger partial charge in [0.1, 0.15) is 0 Å². The van der Waals surface area contributed by atoms with Gasteiger partial charge in [-0.2, -0.15) is 13.2 Å². The molecule has 0 heterocycles. The largest absolute Gasteiger partial charge is 0.416 e. The Hall–Kier alpha value is -0.830. The summed E-state index contributed by atoms with van der Waals surface area (Å²) in [6.07, 6.45) is -1.63. The molecular weight excluding hydrogens is 353 g/mol. The summed E-state index contributed by atoms with van der Waals surface area (Å²) in [5, 5.41) is 0. The normalized spacial score (nSPS) is 17.7. The van der Waals surface area contributed by atoms with Crippen molar-refractivity contribution in [1.82, 2.24) is 4.72 Å². The summed E-state index contributed by atoms with van der Waals surface area (Å²) in [6, 6.07) is 4.71. The molecule has 0 unspecified atom stereocenters. The van der Waals surface area contributed by atoms with E-state index in [0.717, 1.165) is 18.9 Å². The van der Waals surface area contributed by atoms with Crippen molar-refractivity contribution in [1.29, 1.82) is 0 Å². The maximum atomic E-state index is 12.9. The lowest BCUT2D eigenvalue weighted by Crippen LogP contribution is -2.51. The van der Waals surface area contributed by atoms with Gasteiger partial charge in [-0.15, -0.1) is 12.4 Å². The standard InChI is InChI=1S/C14H19F3N2O2S.ClH/c15-14(16,17)12-6-2-1-5-11(12)9-22(20,21)19-13(10-18)7-3-4-8-13;/h1-2,5-6,19H,3-4,7-10,18H2;1H. The second kappa shape index (κ2) is 7.38. The van der Waals surface area contributed by atoms with Crippen LogP contribution in [-0.2, 0) is 22.0 Å². The van der Waals surface area contributed by atoms with Crippen molar-refractivity contribution in [3.63, 3.8) is 0 Å². The Labute approximate surface area is 140 Å². The van der Waals surface area contributed by atoms with E-state index in [1.807, 2.05) is 0 Å². The molecule has 1 aliphatic carbocycles. The summed E-state index contributed by atoms with van der Waals surface area (Å²) in [5.41, 5.74) is 3.77. The summed E-state index contributed by atoms with van der Waals surface area (Å²) < 4.78 is 65.9. The molecule has 1 aliphatic rings. The molecule has 3 N–H and O–H groups in total. The number of benzene rings is 1. The zero-order valence-electron chi connectivity index (χ0n) is 12.4. The van der Waals surface area contributed by atoms with Crippen molar-refractivity contribution in [3.05, 3.63) is 35.4 Å². The second-order valence-electron chi connectivity index (χ2n) is 5.71. The molecule has 0 aromatic heterocycles. The van der Waals surface area contributed by atoms with E-state index in [1.54, 1.807) is 0 Å². The average Bonchev–Trinajstić information content (AvgIpc) is 2.86. The molecule has 1 saturated carbocycles. The van der Waals surface area contributed by atoms with E-state index in [1.165, 1.54) is 18.2 Å². The van der Waals surface area contributed by atoms with Gasteiger partial charge >= 0.3 is 6.18 Å². The average molecular weight is 373 g/mol. The molecular formula is C14H20ClF3N2O2S. The number of nitrogens with one attached hydrogen (secondary N) is 1. The van der Waals surface area contributed by atoms with Gasteiger partial charge in [-0.3, -0.25) is 0 Å². The highest BCUT2D eigenvalue weighted by atomic mass is 35.5. The van der Waals surface area contributed by atoms with Gasteiger partial charge in [-0.1, -0.05) is 31.0 Å². The summed E-state index contributed by atoms with van der Waals surface area (Å²) in [7, 11) is -3.90. The third-order valence-corrected chi connectivity index (χ3v) is 5.43. The van der Waals surface area contributed by atoms with Gasteiger partial charge in [0.25, 0.3) is 0 Å². The smallest absolute Gasteiger partial charge is 0.329 e. The third-order valence-electron chi connectivity index (χ3n) is 3.99. The number of hydrogen-bond acceptors (Lipinski definition) is 3. The number of rotatable bonds is 5. The molecule has 9 heteroatoms. The molecule has 2 rings (SSSR count). The highest BCUT2D eigenvalue weighted by molar-refractivity contribution is 7.88. The Kier molecular flexibility index (Phi) is 6.48. The monoisotopic (exact) mass is 372 g/mol. The Morgan fingerprint density at radius 2 is 1.74 bits per heavy atom. The molecule has 4 nitrogen and oxygen atoms in total. The van der Waals surface area contributed by atoms with Crippen molar-refractivity contribution in [2.45, 2.75) is 43.2 Å². The molecule has 0 atom stereocenters. The fourth-order valence-electron chi connectivity index (χ4n) is 2.89. The molecule has 1 aromatic carbocycles. The predicted octanol–water partition coefficient (Wildman–Crippen LogP) is 2.82. The number of hydrogen-bond donors (Lipinski definition) is 2. The maximum Gasteiger partial charge on any atom is 0.416 e. The fraction of sp³-hybridized carbons (Fsp3) is 0.571. The van der Waals surface area contributed by atoms with Crippen LogP contribution in [0.25, 0.3) is 0 Å². The van der Waals surface area contributed by atoms with Crippen LogP contribution < -0.4 is 10.5 Å². The fourth-order valence-corrected chi connectivity index (χ4v) is 4.57. The minimum Gasteiger partial charge on any atom is -0.329 e. The van der Waals surface area contributed by atoms with Gasteiger partial charge < -0.3 is 5.73 Å². The lowest BCUT2D eigenvalue weighted by atomic mass is 10.0. The lowest BCUT2D eigenvalue weighted by molar-refractivity contribution is -0.138. The minimum absolute atomic E-state index is 0. The Balaban J connectivity index is 0.00000264. The van der Waals surface area contributed by atoms with Gasteiger partial charge in [-0.05, 0) is 24.5 Å². The molecule has 1 aromatic rings. The minimum atomic E-state index is -4.58. The molecule has 0 saturated heterocycles. The first-order chi connectivity index (χ1) is 10.2. The first-order valence-corrected chi connectivity index (χ1v) is 8.70. The van der Waals surface area contributed by atoms with Crippen LogP contribution in [0, 0.1) is 0 Å². The van der Waals surface area contributed by atoms with Gasteiger partial charge in [0.15, 0.2) is 0 Å².